The fourth-order valence-electron chi connectivity index (χ4n) is 2.93. The number of aliphatic hydroxyl groups excluding tert-OH is 1. The van der Waals surface area contributed by atoms with Gasteiger partial charge in [-0.15, -0.1) is 0 Å². The molecule has 3 aromatic rings. The summed E-state index contributed by atoms with van der Waals surface area (Å²) in [6.07, 6.45) is -2.17. The smallest absolute Gasteiger partial charge is 0.376 e. The molecule has 120 valence electrons. The second-order valence-electron chi connectivity index (χ2n) is 5.66. The molecule has 0 spiro atoms. The van der Waals surface area contributed by atoms with E-state index < -0.39 is 11.7 Å². The fourth-order valence-corrected chi connectivity index (χ4v) is 2.93. The lowest BCUT2D eigenvalue weighted by atomic mass is 10.00. The molecule has 1 N–H and O–H groups in total. The lowest BCUT2D eigenvalue weighted by Gasteiger charge is -2.10. The van der Waals surface area contributed by atoms with E-state index >= 15 is 0 Å². The minimum absolute atomic E-state index is 0.165. The molecule has 0 saturated carbocycles. The van der Waals surface area contributed by atoms with Crippen LogP contribution in [-0.2, 0) is 19.3 Å². The number of hydrogen-bond acceptors (Lipinski definition) is 1. The van der Waals surface area contributed by atoms with Crippen molar-refractivity contribution in [3.63, 3.8) is 0 Å². The molecule has 3 rings (SSSR count). The Morgan fingerprint density at radius 3 is 2.52 bits per heavy atom. The third kappa shape index (κ3) is 3.10. The summed E-state index contributed by atoms with van der Waals surface area (Å²) in [5.41, 5.74) is 2.33. The Balaban J connectivity index is 2.04. The van der Waals surface area contributed by atoms with Crippen molar-refractivity contribution in [1.82, 2.24) is 4.57 Å². The number of aryl methyl sites for hydroxylation is 1. The number of aliphatic hydroxyl groups is 1. The molecule has 0 saturated heterocycles. The van der Waals surface area contributed by atoms with Gasteiger partial charge in [-0.3, -0.25) is 0 Å². The summed E-state index contributed by atoms with van der Waals surface area (Å²) in [5.74, 6) is 0. The highest BCUT2D eigenvalue weighted by Crippen LogP contribution is 2.32. The molecular weight excluding hydrogens is 303 g/mol. The molecule has 0 amide bonds. The number of fused-ring (bicyclic) bond motifs is 1. The minimum atomic E-state index is -4.35. The summed E-state index contributed by atoms with van der Waals surface area (Å²) in [7, 11) is 0. The third-order valence-electron chi connectivity index (χ3n) is 3.88. The Morgan fingerprint density at radius 2 is 1.83 bits per heavy atom. The lowest BCUT2D eigenvalue weighted by Crippen LogP contribution is -2.06. The van der Waals surface area contributed by atoms with Crippen molar-refractivity contribution in [3.05, 3.63) is 70.9 Å². The van der Waals surface area contributed by atoms with E-state index in [0.717, 1.165) is 22.5 Å². The van der Waals surface area contributed by atoms with Gasteiger partial charge in [0.2, 0.25) is 0 Å². The van der Waals surface area contributed by atoms with Gasteiger partial charge in [0, 0.05) is 11.6 Å². The van der Waals surface area contributed by atoms with Crippen LogP contribution in [0.25, 0.3) is 10.9 Å². The van der Waals surface area contributed by atoms with Crippen molar-refractivity contribution in [2.24, 2.45) is 0 Å². The van der Waals surface area contributed by atoms with Gasteiger partial charge in [-0.2, -0.15) is 13.2 Å². The molecule has 0 radical (unpaired) electrons. The maximum atomic E-state index is 13.0. The molecule has 23 heavy (non-hydrogen) atoms. The molecule has 1 aromatic heterocycles. The summed E-state index contributed by atoms with van der Waals surface area (Å²) >= 11 is 0. The van der Waals surface area contributed by atoms with Crippen molar-refractivity contribution in [2.75, 3.05) is 0 Å². The predicted molar refractivity (Wildman–Crippen MR) is 83.1 cm³/mol. The van der Waals surface area contributed by atoms with Gasteiger partial charge in [0.05, 0.1) is 11.1 Å². The summed E-state index contributed by atoms with van der Waals surface area (Å²) < 4.78 is 40.6. The number of hydrogen-bond donors (Lipinski definition) is 1. The molecule has 0 aliphatic rings. The van der Waals surface area contributed by atoms with Crippen LogP contribution in [0.1, 0.15) is 22.3 Å². The molecule has 0 aliphatic heterocycles. The van der Waals surface area contributed by atoms with E-state index in [1.807, 2.05) is 24.3 Å². The summed E-state index contributed by atoms with van der Waals surface area (Å²) in [6, 6.07) is 11.7. The zero-order valence-corrected chi connectivity index (χ0v) is 12.6. The number of nitrogens with zero attached hydrogens (tertiary/aromatic N) is 1. The molecule has 0 atom stereocenters. The maximum Gasteiger partial charge on any atom is 0.416 e. The van der Waals surface area contributed by atoms with Crippen LogP contribution >= 0.6 is 0 Å². The van der Waals surface area contributed by atoms with E-state index in [1.54, 1.807) is 23.8 Å². The van der Waals surface area contributed by atoms with Crippen LogP contribution in [0, 0.1) is 6.92 Å². The largest absolute Gasteiger partial charge is 0.416 e. The first-order valence-electron chi connectivity index (χ1n) is 7.24. The highest BCUT2D eigenvalue weighted by Gasteiger charge is 2.30. The standard InChI is InChI=1S/C18H16F3NO/c1-12-6-13(9-15(7-12)18(19,20)21)8-14-10-22(11-23)17-5-3-2-4-16(14)17/h2-7,9-10,23H,8,11H2,1H3. The number of para-hydroxylation sites is 1. The van der Waals surface area contributed by atoms with Gasteiger partial charge in [0.25, 0.3) is 0 Å². The van der Waals surface area contributed by atoms with Gasteiger partial charge in [0.1, 0.15) is 6.73 Å². The normalized spacial score (nSPS) is 12.0. The molecule has 0 aliphatic carbocycles. The van der Waals surface area contributed by atoms with Crippen LogP contribution in [0.15, 0.2) is 48.7 Å². The molecular formula is C18H16F3NO. The highest BCUT2D eigenvalue weighted by atomic mass is 19.4. The average Bonchev–Trinajstić information content (AvgIpc) is 2.84. The second-order valence-corrected chi connectivity index (χ2v) is 5.66. The first kappa shape index (κ1) is 15.6. The van der Waals surface area contributed by atoms with E-state index in [4.69, 9.17) is 0 Å². The van der Waals surface area contributed by atoms with Gasteiger partial charge in [-0.05, 0) is 42.7 Å². The van der Waals surface area contributed by atoms with Crippen molar-refractivity contribution >= 4 is 10.9 Å². The van der Waals surface area contributed by atoms with Crippen molar-refractivity contribution in [3.8, 4) is 0 Å². The second kappa shape index (κ2) is 5.74. The van der Waals surface area contributed by atoms with E-state index in [9.17, 15) is 18.3 Å². The van der Waals surface area contributed by atoms with Gasteiger partial charge in [0.15, 0.2) is 0 Å². The van der Waals surface area contributed by atoms with E-state index in [0.29, 0.717) is 17.5 Å². The van der Waals surface area contributed by atoms with Crippen LogP contribution in [0.4, 0.5) is 13.2 Å². The molecule has 0 bridgehead atoms. The minimum Gasteiger partial charge on any atom is -0.376 e. The van der Waals surface area contributed by atoms with Crippen molar-refractivity contribution < 1.29 is 18.3 Å². The number of aromatic nitrogens is 1. The first-order chi connectivity index (χ1) is 10.9. The number of alkyl halides is 3. The Hall–Kier alpha value is -2.27. The van der Waals surface area contributed by atoms with Crippen molar-refractivity contribution in [2.45, 2.75) is 26.3 Å². The number of rotatable bonds is 3. The van der Waals surface area contributed by atoms with E-state index in [-0.39, 0.29) is 6.73 Å². The quantitative estimate of drug-likeness (QED) is 0.755. The molecule has 2 aromatic carbocycles. The van der Waals surface area contributed by atoms with Gasteiger partial charge in [-0.1, -0.05) is 29.8 Å². The monoisotopic (exact) mass is 319 g/mol. The third-order valence-corrected chi connectivity index (χ3v) is 3.88. The lowest BCUT2D eigenvalue weighted by molar-refractivity contribution is -0.137. The van der Waals surface area contributed by atoms with Crippen LogP contribution in [0.5, 0.6) is 0 Å². The molecule has 0 unspecified atom stereocenters. The zero-order valence-electron chi connectivity index (χ0n) is 12.6. The average molecular weight is 319 g/mol. The predicted octanol–water partition coefficient (Wildman–Crippen LogP) is 4.51. The topological polar surface area (TPSA) is 25.2 Å². The molecule has 5 heteroatoms. The van der Waals surface area contributed by atoms with Crippen LogP contribution < -0.4 is 0 Å². The zero-order chi connectivity index (χ0) is 16.6. The highest BCUT2D eigenvalue weighted by molar-refractivity contribution is 5.84. The Kier molecular flexibility index (Phi) is 3.90. The Labute approximate surface area is 131 Å². The van der Waals surface area contributed by atoms with Crippen LogP contribution in [-0.4, -0.2) is 9.67 Å². The summed E-state index contributed by atoms with van der Waals surface area (Å²) in [4.78, 5) is 0. The number of benzene rings is 2. The van der Waals surface area contributed by atoms with Gasteiger partial charge in [-0.25, -0.2) is 0 Å². The first-order valence-corrected chi connectivity index (χ1v) is 7.24. The number of halogens is 3. The van der Waals surface area contributed by atoms with E-state index in [1.165, 1.54) is 6.07 Å². The van der Waals surface area contributed by atoms with Gasteiger partial charge < -0.3 is 9.67 Å². The molecule has 0 fully saturated rings. The maximum absolute atomic E-state index is 13.0. The summed E-state index contributed by atoms with van der Waals surface area (Å²) in [6.45, 7) is 1.50. The SMILES string of the molecule is Cc1cc(Cc2cn(CO)c3ccccc23)cc(C(F)(F)F)c1. The Bertz CT molecular complexity index is 849. The van der Waals surface area contributed by atoms with E-state index in [2.05, 4.69) is 0 Å². The molecule has 2 nitrogen and oxygen atoms in total. The van der Waals surface area contributed by atoms with Crippen LogP contribution in [0.3, 0.4) is 0 Å². The van der Waals surface area contributed by atoms with Gasteiger partial charge >= 0.3 is 6.18 Å². The Morgan fingerprint density at radius 1 is 1.09 bits per heavy atom. The van der Waals surface area contributed by atoms with Crippen molar-refractivity contribution in [1.29, 1.82) is 0 Å². The fraction of sp³-hybridized carbons (Fsp3) is 0.222. The van der Waals surface area contributed by atoms with Crippen LogP contribution in [0.2, 0.25) is 0 Å². The molecule has 1 heterocycles. The summed E-state index contributed by atoms with van der Waals surface area (Å²) in [5, 5.41) is 10.4.